The number of halogens is 1. The van der Waals surface area contributed by atoms with Crippen molar-refractivity contribution in [2.75, 3.05) is 13.1 Å². The lowest BCUT2D eigenvalue weighted by Gasteiger charge is -2.31. The highest BCUT2D eigenvalue weighted by atomic mass is 19.1. The minimum Gasteiger partial charge on any atom is -0.339 e. The van der Waals surface area contributed by atoms with Crippen molar-refractivity contribution in [3.63, 3.8) is 0 Å². The minimum absolute atomic E-state index is 0.0139. The van der Waals surface area contributed by atoms with E-state index >= 15 is 0 Å². The van der Waals surface area contributed by atoms with Crippen molar-refractivity contribution in [2.24, 2.45) is 7.05 Å². The smallest absolute Gasteiger partial charge is 0.254 e. The molecule has 1 saturated heterocycles. The van der Waals surface area contributed by atoms with E-state index in [2.05, 4.69) is 15.2 Å². The molecule has 34 heavy (non-hydrogen) atoms. The van der Waals surface area contributed by atoms with Crippen LogP contribution < -0.4 is 0 Å². The summed E-state index contributed by atoms with van der Waals surface area (Å²) in [4.78, 5) is 25.0. The summed E-state index contributed by atoms with van der Waals surface area (Å²) in [5.41, 5.74) is 3.78. The van der Waals surface area contributed by atoms with E-state index < -0.39 is 0 Å². The first kappa shape index (κ1) is 20.9. The van der Waals surface area contributed by atoms with Gasteiger partial charge in [0.15, 0.2) is 5.65 Å². The highest BCUT2D eigenvalue weighted by Gasteiger charge is 2.33. The van der Waals surface area contributed by atoms with E-state index in [-0.39, 0.29) is 17.6 Å². The number of amides is 1. The molecule has 0 N–H and O–H groups in total. The van der Waals surface area contributed by atoms with E-state index in [9.17, 15) is 9.18 Å². The summed E-state index contributed by atoms with van der Waals surface area (Å²) >= 11 is 0. The standard InChI is InChI=1S/C25H25FN6O2/c1-14-21-19(12-20(15-8-9-15)27-23(21)31(2)29-14)25(33)32-10-4-6-17(13-32)24-28-22(30-34-24)16-5-3-7-18(26)11-16/h3,5,7,11-12,15,17H,4,6,8-10,13H2,1-2H3. The number of benzene rings is 1. The van der Waals surface area contributed by atoms with E-state index in [0.29, 0.717) is 41.8 Å². The second-order valence-corrected chi connectivity index (χ2v) is 9.33. The number of piperidine rings is 1. The SMILES string of the molecule is Cc1nn(C)c2nc(C3CC3)cc(C(=O)N3CCCC(c4nc(-c5cccc(F)c5)no4)C3)c12. The zero-order chi connectivity index (χ0) is 23.4. The van der Waals surface area contributed by atoms with Crippen molar-refractivity contribution >= 4 is 16.9 Å². The number of hydrogen-bond donors (Lipinski definition) is 0. The summed E-state index contributed by atoms with van der Waals surface area (Å²) in [7, 11) is 1.87. The van der Waals surface area contributed by atoms with Gasteiger partial charge in [0.2, 0.25) is 11.7 Å². The molecule has 1 unspecified atom stereocenters. The van der Waals surface area contributed by atoms with Gasteiger partial charge in [0, 0.05) is 37.3 Å². The van der Waals surface area contributed by atoms with Gasteiger partial charge >= 0.3 is 0 Å². The second-order valence-electron chi connectivity index (χ2n) is 9.33. The quantitative estimate of drug-likeness (QED) is 0.449. The topological polar surface area (TPSA) is 89.9 Å². The molecular weight excluding hydrogens is 435 g/mol. The van der Waals surface area contributed by atoms with Gasteiger partial charge in [-0.3, -0.25) is 9.48 Å². The fourth-order valence-corrected chi connectivity index (χ4v) is 4.90. The average molecular weight is 461 g/mol. The molecule has 4 heterocycles. The number of hydrogen-bond acceptors (Lipinski definition) is 6. The van der Waals surface area contributed by atoms with E-state index in [4.69, 9.17) is 9.51 Å². The summed E-state index contributed by atoms with van der Waals surface area (Å²) in [5.74, 6) is 0.836. The Morgan fingerprint density at radius 2 is 2.00 bits per heavy atom. The van der Waals surface area contributed by atoms with Crippen LogP contribution in [0.1, 0.15) is 65.2 Å². The van der Waals surface area contributed by atoms with Crippen LogP contribution in [0.25, 0.3) is 22.4 Å². The number of pyridine rings is 1. The minimum atomic E-state index is -0.349. The molecule has 0 bridgehead atoms. The molecule has 9 heteroatoms. The lowest BCUT2D eigenvalue weighted by atomic mass is 9.96. The van der Waals surface area contributed by atoms with Crippen molar-refractivity contribution in [3.8, 4) is 11.4 Å². The molecule has 1 saturated carbocycles. The van der Waals surface area contributed by atoms with Crippen LogP contribution in [0.2, 0.25) is 0 Å². The van der Waals surface area contributed by atoms with Gasteiger partial charge in [-0.2, -0.15) is 10.1 Å². The molecule has 1 atom stereocenters. The molecule has 1 aliphatic heterocycles. The molecule has 4 aromatic rings. The summed E-state index contributed by atoms with van der Waals surface area (Å²) in [6.45, 7) is 3.08. The van der Waals surface area contributed by atoms with Crippen molar-refractivity contribution in [1.82, 2.24) is 29.8 Å². The Kier molecular flexibility index (Phi) is 4.93. The molecule has 8 nitrogen and oxygen atoms in total. The Hall–Kier alpha value is -3.62. The number of fused-ring (bicyclic) bond motifs is 1. The number of nitrogens with zero attached hydrogens (tertiary/aromatic N) is 6. The van der Waals surface area contributed by atoms with Gasteiger partial charge in [-0.1, -0.05) is 17.3 Å². The number of aromatic nitrogens is 5. The molecule has 1 amide bonds. The van der Waals surface area contributed by atoms with Gasteiger partial charge in [-0.05, 0) is 50.8 Å². The van der Waals surface area contributed by atoms with Crippen molar-refractivity contribution < 1.29 is 13.7 Å². The zero-order valence-corrected chi connectivity index (χ0v) is 19.2. The largest absolute Gasteiger partial charge is 0.339 e. The maximum absolute atomic E-state index is 13.8. The van der Waals surface area contributed by atoms with Gasteiger partial charge in [0.05, 0.1) is 22.6 Å². The Balaban J connectivity index is 1.29. The third-order valence-corrected chi connectivity index (χ3v) is 6.80. The Morgan fingerprint density at radius 3 is 2.79 bits per heavy atom. The highest BCUT2D eigenvalue weighted by Crippen LogP contribution is 2.41. The van der Waals surface area contributed by atoms with Gasteiger partial charge in [0.25, 0.3) is 5.91 Å². The first-order valence-corrected chi connectivity index (χ1v) is 11.7. The average Bonchev–Trinajstić information content (AvgIpc) is 3.50. The fourth-order valence-electron chi connectivity index (χ4n) is 4.90. The summed E-state index contributed by atoms with van der Waals surface area (Å²) in [6.07, 6.45) is 3.91. The monoisotopic (exact) mass is 460 g/mol. The Morgan fingerprint density at radius 1 is 1.15 bits per heavy atom. The van der Waals surface area contributed by atoms with Crippen LogP contribution in [-0.4, -0.2) is 48.8 Å². The van der Waals surface area contributed by atoms with E-state index in [1.807, 2.05) is 24.9 Å². The fraction of sp³-hybridized carbons (Fsp3) is 0.400. The molecule has 174 valence electrons. The van der Waals surface area contributed by atoms with Crippen LogP contribution in [-0.2, 0) is 7.05 Å². The molecule has 6 rings (SSSR count). The first-order chi connectivity index (χ1) is 16.5. The maximum Gasteiger partial charge on any atom is 0.254 e. The van der Waals surface area contributed by atoms with Crippen LogP contribution in [0.3, 0.4) is 0 Å². The number of carbonyl (C=O) groups is 1. The molecular formula is C25H25FN6O2. The molecule has 3 aromatic heterocycles. The first-order valence-electron chi connectivity index (χ1n) is 11.7. The number of likely N-dealkylation sites (tertiary alicyclic amines) is 1. The molecule has 0 spiro atoms. The summed E-state index contributed by atoms with van der Waals surface area (Å²) in [5, 5.41) is 9.40. The molecule has 1 aromatic carbocycles. The van der Waals surface area contributed by atoms with Crippen LogP contribution in [0.15, 0.2) is 34.9 Å². The molecule has 2 fully saturated rings. The highest BCUT2D eigenvalue weighted by molar-refractivity contribution is 6.06. The summed E-state index contributed by atoms with van der Waals surface area (Å²) in [6, 6.07) is 8.09. The van der Waals surface area contributed by atoms with Crippen LogP contribution in [0.5, 0.6) is 0 Å². The number of carbonyl (C=O) groups excluding carboxylic acids is 1. The number of rotatable bonds is 4. The third-order valence-electron chi connectivity index (χ3n) is 6.80. The zero-order valence-electron chi connectivity index (χ0n) is 19.2. The third kappa shape index (κ3) is 3.65. The van der Waals surface area contributed by atoms with Gasteiger partial charge in [0.1, 0.15) is 5.82 Å². The Labute approximate surface area is 195 Å². The lowest BCUT2D eigenvalue weighted by Crippen LogP contribution is -2.39. The van der Waals surface area contributed by atoms with E-state index in [1.54, 1.807) is 16.8 Å². The predicted octanol–water partition coefficient (Wildman–Crippen LogP) is 4.36. The molecule has 0 radical (unpaired) electrons. The Bertz CT molecular complexity index is 1410. The van der Waals surface area contributed by atoms with Crippen LogP contribution in [0, 0.1) is 12.7 Å². The normalized spacial score (nSPS) is 18.6. The van der Waals surface area contributed by atoms with Crippen molar-refractivity contribution in [1.29, 1.82) is 0 Å². The van der Waals surface area contributed by atoms with Crippen LogP contribution >= 0.6 is 0 Å². The predicted molar refractivity (Wildman–Crippen MR) is 123 cm³/mol. The van der Waals surface area contributed by atoms with Crippen LogP contribution in [0.4, 0.5) is 4.39 Å². The summed E-state index contributed by atoms with van der Waals surface area (Å²) < 4.78 is 20.9. The second kappa shape index (κ2) is 8.00. The maximum atomic E-state index is 13.8. The lowest BCUT2D eigenvalue weighted by molar-refractivity contribution is 0.0697. The molecule has 1 aliphatic carbocycles. The van der Waals surface area contributed by atoms with Gasteiger partial charge in [-0.25, -0.2) is 9.37 Å². The van der Waals surface area contributed by atoms with Gasteiger partial charge in [-0.15, -0.1) is 0 Å². The van der Waals surface area contributed by atoms with Crippen molar-refractivity contribution in [2.45, 2.75) is 44.4 Å². The van der Waals surface area contributed by atoms with Gasteiger partial charge < -0.3 is 9.42 Å². The number of aryl methyl sites for hydroxylation is 2. The van der Waals surface area contributed by atoms with E-state index in [0.717, 1.165) is 48.1 Å². The van der Waals surface area contributed by atoms with Crippen molar-refractivity contribution in [3.05, 3.63) is 59.0 Å². The molecule has 2 aliphatic rings. The van der Waals surface area contributed by atoms with E-state index in [1.165, 1.54) is 12.1 Å².